The van der Waals surface area contributed by atoms with E-state index in [4.69, 9.17) is 4.74 Å². The third-order valence-corrected chi connectivity index (χ3v) is 1.57. The van der Waals surface area contributed by atoms with Crippen LogP contribution in [-0.2, 0) is 9.53 Å². The fourth-order valence-electron chi connectivity index (χ4n) is 0.816. The second-order valence-electron chi connectivity index (χ2n) is 2.37. The Labute approximate surface area is 68.2 Å². The van der Waals surface area contributed by atoms with Crippen molar-refractivity contribution < 1.29 is 9.53 Å². The molecule has 64 valence electrons. The summed E-state index contributed by atoms with van der Waals surface area (Å²) in [4.78, 5) is 10.4. The van der Waals surface area contributed by atoms with Gasteiger partial charge in [-0.15, -0.1) is 0 Å². The Bertz CT molecular complexity index is 142. The van der Waals surface area contributed by atoms with Crippen molar-refractivity contribution in [3.05, 3.63) is 11.6 Å². The molecule has 0 heterocycles. The number of rotatable bonds is 4. The molecule has 0 aliphatic rings. The first-order chi connectivity index (χ1) is 5.20. The van der Waals surface area contributed by atoms with Crippen molar-refractivity contribution in [2.45, 2.75) is 33.6 Å². The molecule has 0 aromatic rings. The topological polar surface area (TPSA) is 26.3 Å². The Kier molecular flexibility index (Phi) is 5.53. The lowest BCUT2D eigenvalue weighted by Gasteiger charge is -2.00. The van der Waals surface area contributed by atoms with Gasteiger partial charge in [-0.2, -0.15) is 0 Å². The van der Waals surface area contributed by atoms with Crippen LogP contribution in [0.15, 0.2) is 11.6 Å². The standard InChI is InChI=1S/C9H16O2/c1-4-9(5-2)6-7-11-8(3)10/h6H,4-5,7H2,1-3H3. The third kappa shape index (κ3) is 5.64. The molecule has 0 aromatic carbocycles. The molecule has 0 saturated heterocycles. The van der Waals surface area contributed by atoms with Crippen LogP contribution in [0.5, 0.6) is 0 Å². The minimum absolute atomic E-state index is 0.215. The van der Waals surface area contributed by atoms with Crippen molar-refractivity contribution in [3.8, 4) is 0 Å². The molecule has 2 nitrogen and oxygen atoms in total. The number of hydrogen-bond acceptors (Lipinski definition) is 2. The van der Waals surface area contributed by atoms with Gasteiger partial charge < -0.3 is 4.74 Å². The molecule has 0 aromatic heterocycles. The molecule has 0 N–H and O–H groups in total. The molecule has 2 heteroatoms. The van der Waals surface area contributed by atoms with Crippen LogP contribution in [-0.4, -0.2) is 12.6 Å². The van der Waals surface area contributed by atoms with Crippen LogP contribution >= 0.6 is 0 Å². The lowest BCUT2D eigenvalue weighted by Crippen LogP contribution is -1.98. The number of ether oxygens (including phenoxy) is 1. The number of carbonyl (C=O) groups excluding carboxylic acids is 1. The predicted molar refractivity (Wildman–Crippen MR) is 45.3 cm³/mol. The fraction of sp³-hybridized carbons (Fsp3) is 0.667. The van der Waals surface area contributed by atoms with E-state index >= 15 is 0 Å². The first-order valence-corrected chi connectivity index (χ1v) is 4.02. The van der Waals surface area contributed by atoms with Gasteiger partial charge in [-0.1, -0.05) is 19.4 Å². The van der Waals surface area contributed by atoms with Gasteiger partial charge in [0.15, 0.2) is 0 Å². The van der Waals surface area contributed by atoms with Crippen molar-refractivity contribution in [3.63, 3.8) is 0 Å². The van der Waals surface area contributed by atoms with E-state index in [1.807, 2.05) is 6.08 Å². The van der Waals surface area contributed by atoms with Gasteiger partial charge in [-0.25, -0.2) is 0 Å². The second kappa shape index (κ2) is 5.96. The van der Waals surface area contributed by atoms with Gasteiger partial charge >= 0.3 is 5.97 Å². The zero-order valence-electron chi connectivity index (χ0n) is 7.52. The van der Waals surface area contributed by atoms with Gasteiger partial charge in [0.25, 0.3) is 0 Å². The van der Waals surface area contributed by atoms with Crippen LogP contribution in [0.1, 0.15) is 33.6 Å². The summed E-state index contributed by atoms with van der Waals surface area (Å²) in [7, 11) is 0. The lowest BCUT2D eigenvalue weighted by atomic mass is 10.1. The highest BCUT2D eigenvalue weighted by Gasteiger charge is 1.91. The van der Waals surface area contributed by atoms with Crippen molar-refractivity contribution >= 4 is 5.97 Å². The summed E-state index contributed by atoms with van der Waals surface area (Å²) < 4.78 is 4.76. The quantitative estimate of drug-likeness (QED) is 0.461. The summed E-state index contributed by atoms with van der Waals surface area (Å²) >= 11 is 0. The summed E-state index contributed by atoms with van der Waals surface area (Å²) in [5.74, 6) is -0.215. The Hall–Kier alpha value is -0.790. The highest BCUT2D eigenvalue weighted by Crippen LogP contribution is 2.04. The smallest absolute Gasteiger partial charge is 0.302 e. The minimum Gasteiger partial charge on any atom is -0.462 e. The van der Waals surface area contributed by atoms with Crippen LogP contribution in [0, 0.1) is 0 Å². The lowest BCUT2D eigenvalue weighted by molar-refractivity contribution is -0.139. The van der Waals surface area contributed by atoms with E-state index in [0.29, 0.717) is 6.61 Å². The van der Waals surface area contributed by atoms with Gasteiger partial charge in [0.1, 0.15) is 6.61 Å². The van der Waals surface area contributed by atoms with E-state index in [0.717, 1.165) is 12.8 Å². The zero-order valence-corrected chi connectivity index (χ0v) is 7.52. The summed E-state index contributed by atoms with van der Waals surface area (Å²) in [5.41, 5.74) is 1.34. The third-order valence-electron chi connectivity index (χ3n) is 1.57. The van der Waals surface area contributed by atoms with Gasteiger partial charge in [-0.3, -0.25) is 4.79 Å². The van der Waals surface area contributed by atoms with Crippen molar-refractivity contribution in [1.29, 1.82) is 0 Å². The van der Waals surface area contributed by atoms with E-state index in [1.165, 1.54) is 12.5 Å². The van der Waals surface area contributed by atoms with Gasteiger partial charge in [0, 0.05) is 6.92 Å². The first-order valence-electron chi connectivity index (χ1n) is 4.02. The SMILES string of the molecule is CCC(=CCOC(C)=O)CC. The van der Waals surface area contributed by atoms with E-state index in [2.05, 4.69) is 13.8 Å². The van der Waals surface area contributed by atoms with E-state index in [-0.39, 0.29) is 5.97 Å². The normalized spacial score (nSPS) is 9.00. The summed E-state index contributed by atoms with van der Waals surface area (Å²) in [6.07, 6.45) is 4.05. The Morgan fingerprint density at radius 2 is 1.91 bits per heavy atom. The maximum atomic E-state index is 10.4. The highest BCUT2D eigenvalue weighted by molar-refractivity contribution is 5.66. The van der Waals surface area contributed by atoms with E-state index in [1.54, 1.807) is 0 Å². The second-order valence-corrected chi connectivity index (χ2v) is 2.37. The minimum atomic E-state index is -0.215. The van der Waals surface area contributed by atoms with E-state index in [9.17, 15) is 4.79 Å². The molecular weight excluding hydrogens is 140 g/mol. The molecular formula is C9H16O2. The molecule has 0 saturated carbocycles. The Morgan fingerprint density at radius 3 is 2.27 bits per heavy atom. The molecule has 0 atom stereocenters. The summed E-state index contributed by atoms with van der Waals surface area (Å²) in [6.45, 7) is 6.05. The maximum Gasteiger partial charge on any atom is 0.302 e. The zero-order chi connectivity index (χ0) is 8.69. The van der Waals surface area contributed by atoms with E-state index < -0.39 is 0 Å². The van der Waals surface area contributed by atoms with Gasteiger partial charge in [-0.05, 0) is 18.9 Å². The molecule has 0 bridgehead atoms. The summed E-state index contributed by atoms with van der Waals surface area (Å²) in [5, 5.41) is 0. The largest absolute Gasteiger partial charge is 0.462 e. The number of esters is 1. The Morgan fingerprint density at radius 1 is 1.36 bits per heavy atom. The van der Waals surface area contributed by atoms with Crippen LogP contribution in [0.3, 0.4) is 0 Å². The van der Waals surface area contributed by atoms with Crippen molar-refractivity contribution in [1.82, 2.24) is 0 Å². The maximum absolute atomic E-state index is 10.4. The van der Waals surface area contributed by atoms with Crippen molar-refractivity contribution in [2.24, 2.45) is 0 Å². The first kappa shape index (κ1) is 10.2. The number of hydrogen-bond donors (Lipinski definition) is 0. The molecule has 0 radical (unpaired) electrons. The van der Waals surface area contributed by atoms with Crippen LogP contribution in [0.2, 0.25) is 0 Å². The average Bonchev–Trinajstić information content (AvgIpc) is 1.98. The molecule has 0 unspecified atom stereocenters. The van der Waals surface area contributed by atoms with Crippen LogP contribution < -0.4 is 0 Å². The molecule has 0 amide bonds. The Balaban J connectivity index is 3.61. The summed E-state index contributed by atoms with van der Waals surface area (Å²) in [6, 6.07) is 0. The van der Waals surface area contributed by atoms with Gasteiger partial charge in [0.2, 0.25) is 0 Å². The van der Waals surface area contributed by atoms with Crippen molar-refractivity contribution in [2.75, 3.05) is 6.61 Å². The average molecular weight is 156 g/mol. The molecule has 11 heavy (non-hydrogen) atoms. The molecule has 0 aliphatic heterocycles. The monoisotopic (exact) mass is 156 g/mol. The number of allylic oxidation sites excluding steroid dienone is 1. The predicted octanol–water partition coefficient (Wildman–Crippen LogP) is 2.30. The molecule has 0 aliphatic carbocycles. The number of carbonyl (C=O) groups is 1. The molecule has 0 spiro atoms. The molecule has 0 rings (SSSR count). The van der Waals surface area contributed by atoms with Crippen LogP contribution in [0.4, 0.5) is 0 Å². The highest BCUT2D eigenvalue weighted by atomic mass is 16.5. The van der Waals surface area contributed by atoms with Gasteiger partial charge in [0.05, 0.1) is 0 Å². The molecule has 0 fully saturated rings. The van der Waals surface area contributed by atoms with Crippen LogP contribution in [0.25, 0.3) is 0 Å². The fourth-order valence-corrected chi connectivity index (χ4v) is 0.816.